The third kappa shape index (κ3) is 2.62. The van der Waals surface area contributed by atoms with Crippen molar-refractivity contribution >= 4 is 23.2 Å². The van der Waals surface area contributed by atoms with Gasteiger partial charge in [-0.05, 0) is 42.5 Å². The van der Waals surface area contributed by atoms with E-state index in [1.807, 2.05) is 0 Å². The molecule has 2 aromatic heterocycles. The summed E-state index contributed by atoms with van der Waals surface area (Å²) in [5.74, 6) is 0.195. The molecule has 3 rings (SSSR count). The van der Waals surface area contributed by atoms with E-state index in [0.717, 1.165) is 12.8 Å². The average Bonchev–Trinajstić information content (AvgIpc) is 3.19. The molecule has 1 N–H and O–H groups in total. The standard InChI is InChI=1S/C13H15ClN4O2/c1-17(7-10(19)8-2-3-8)12(20)9-4-5-11-15-13(14)16-18(11)6-9/h4-6,8,10,19H,2-3,7H2,1H3. The minimum atomic E-state index is -0.437. The van der Waals surface area contributed by atoms with Crippen LogP contribution in [0.25, 0.3) is 5.65 Å². The third-order valence-corrected chi connectivity index (χ3v) is 3.69. The maximum atomic E-state index is 12.3. The minimum absolute atomic E-state index is 0.145. The van der Waals surface area contributed by atoms with E-state index < -0.39 is 6.10 Å². The average molecular weight is 295 g/mol. The fourth-order valence-corrected chi connectivity index (χ4v) is 2.36. The van der Waals surface area contributed by atoms with Crippen molar-refractivity contribution in [2.45, 2.75) is 18.9 Å². The van der Waals surface area contributed by atoms with Gasteiger partial charge in [-0.25, -0.2) is 4.52 Å². The molecule has 1 aliphatic rings. The maximum absolute atomic E-state index is 12.3. The van der Waals surface area contributed by atoms with Crippen molar-refractivity contribution < 1.29 is 9.90 Å². The van der Waals surface area contributed by atoms with Gasteiger partial charge in [0.1, 0.15) is 0 Å². The number of nitrogens with zero attached hydrogens (tertiary/aromatic N) is 4. The van der Waals surface area contributed by atoms with Crippen LogP contribution in [0.5, 0.6) is 0 Å². The van der Waals surface area contributed by atoms with Crippen LogP contribution in [0, 0.1) is 5.92 Å². The Kier molecular flexibility index (Phi) is 3.35. The van der Waals surface area contributed by atoms with Gasteiger partial charge < -0.3 is 10.0 Å². The first-order chi connectivity index (χ1) is 9.54. The zero-order chi connectivity index (χ0) is 14.3. The second-order valence-electron chi connectivity index (χ2n) is 5.19. The SMILES string of the molecule is CN(CC(O)C1CC1)C(=O)c1ccc2nc(Cl)nn2c1. The number of aromatic nitrogens is 3. The Hall–Kier alpha value is -1.66. The van der Waals surface area contributed by atoms with Gasteiger partial charge in [0.2, 0.25) is 5.28 Å². The van der Waals surface area contributed by atoms with E-state index in [1.165, 1.54) is 9.42 Å². The van der Waals surface area contributed by atoms with E-state index in [1.54, 1.807) is 25.4 Å². The second-order valence-corrected chi connectivity index (χ2v) is 5.53. The van der Waals surface area contributed by atoms with Gasteiger partial charge in [-0.2, -0.15) is 4.98 Å². The third-order valence-electron chi connectivity index (χ3n) is 3.53. The van der Waals surface area contributed by atoms with Crippen molar-refractivity contribution in [1.82, 2.24) is 19.5 Å². The van der Waals surface area contributed by atoms with Crippen LogP contribution in [0.1, 0.15) is 23.2 Å². The quantitative estimate of drug-likeness (QED) is 0.920. The van der Waals surface area contributed by atoms with E-state index in [9.17, 15) is 9.90 Å². The molecule has 20 heavy (non-hydrogen) atoms. The number of carbonyl (C=O) groups is 1. The first-order valence-corrected chi connectivity index (χ1v) is 6.88. The molecule has 1 saturated carbocycles. The van der Waals surface area contributed by atoms with Crippen LogP contribution in [-0.4, -0.2) is 50.2 Å². The molecule has 1 unspecified atom stereocenters. The van der Waals surface area contributed by atoms with Gasteiger partial charge in [-0.3, -0.25) is 4.79 Å². The van der Waals surface area contributed by atoms with E-state index in [-0.39, 0.29) is 11.2 Å². The smallest absolute Gasteiger partial charge is 0.255 e. The van der Waals surface area contributed by atoms with Crippen LogP contribution >= 0.6 is 11.6 Å². The van der Waals surface area contributed by atoms with Gasteiger partial charge in [0.05, 0.1) is 11.7 Å². The van der Waals surface area contributed by atoms with Crippen molar-refractivity contribution in [3.05, 3.63) is 29.2 Å². The number of hydrogen-bond acceptors (Lipinski definition) is 4. The zero-order valence-electron chi connectivity index (χ0n) is 11.0. The number of likely N-dealkylation sites (N-methyl/N-ethyl adjacent to an activating group) is 1. The number of aliphatic hydroxyl groups is 1. The summed E-state index contributed by atoms with van der Waals surface area (Å²) in [4.78, 5) is 17.8. The van der Waals surface area contributed by atoms with Crippen LogP contribution in [0.4, 0.5) is 0 Å². The lowest BCUT2D eigenvalue weighted by molar-refractivity contribution is 0.0645. The largest absolute Gasteiger partial charge is 0.391 e. The van der Waals surface area contributed by atoms with Crippen LogP contribution in [-0.2, 0) is 0 Å². The van der Waals surface area contributed by atoms with E-state index >= 15 is 0 Å². The molecule has 1 atom stereocenters. The Bertz CT molecular complexity index is 653. The van der Waals surface area contributed by atoms with Crippen molar-refractivity contribution in [2.75, 3.05) is 13.6 Å². The van der Waals surface area contributed by atoms with E-state index in [0.29, 0.717) is 23.7 Å². The van der Waals surface area contributed by atoms with Crippen molar-refractivity contribution in [3.8, 4) is 0 Å². The van der Waals surface area contributed by atoms with Crippen LogP contribution in [0.15, 0.2) is 18.3 Å². The molecule has 2 aromatic rings. The van der Waals surface area contributed by atoms with Crippen LogP contribution < -0.4 is 0 Å². The molecule has 6 nitrogen and oxygen atoms in total. The highest BCUT2D eigenvalue weighted by molar-refractivity contribution is 6.28. The number of aliphatic hydroxyl groups excluding tert-OH is 1. The normalized spacial score (nSPS) is 16.4. The molecule has 7 heteroatoms. The highest BCUT2D eigenvalue weighted by atomic mass is 35.5. The number of carbonyl (C=O) groups excluding carboxylic acids is 1. The summed E-state index contributed by atoms with van der Waals surface area (Å²) in [6.07, 6.45) is 3.25. The fraction of sp³-hybridized carbons (Fsp3) is 0.462. The van der Waals surface area contributed by atoms with Gasteiger partial charge in [-0.1, -0.05) is 0 Å². The molecular weight excluding hydrogens is 280 g/mol. The summed E-state index contributed by atoms with van der Waals surface area (Å²) in [5, 5.41) is 14.0. The number of hydrogen-bond donors (Lipinski definition) is 1. The first kappa shape index (κ1) is 13.3. The maximum Gasteiger partial charge on any atom is 0.255 e. The Balaban J connectivity index is 1.76. The number of rotatable bonds is 4. The van der Waals surface area contributed by atoms with Crippen molar-refractivity contribution in [3.63, 3.8) is 0 Å². The minimum Gasteiger partial charge on any atom is -0.391 e. The van der Waals surface area contributed by atoms with E-state index in [2.05, 4.69) is 10.1 Å². The number of fused-ring (bicyclic) bond motifs is 1. The molecule has 106 valence electrons. The topological polar surface area (TPSA) is 70.7 Å². The molecule has 0 radical (unpaired) electrons. The van der Waals surface area contributed by atoms with Gasteiger partial charge >= 0.3 is 0 Å². The molecule has 0 bridgehead atoms. The monoisotopic (exact) mass is 294 g/mol. The molecule has 1 fully saturated rings. The lowest BCUT2D eigenvalue weighted by Gasteiger charge is -2.20. The summed E-state index contributed by atoms with van der Waals surface area (Å²) in [6.45, 7) is 0.347. The molecule has 0 aliphatic heterocycles. The summed E-state index contributed by atoms with van der Waals surface area (Å²) < 4.78 is 1.47. The Morgan fingerprint density at radius 2 is 2.35 bits per heavy atom. The lowest BCUT2D eigenvalue weighted by Crippen LogP contribution is -2.35. The van der Waals surface area contributed by atoms with Gasteiger partial charge in [-0.15, -0.1) is 5.10 Å². The van der Waals surface area contributed by atoms with Gasteiger partial charge in [0.15, 0.2) is 5.65 Å². The number of pyridine rings is 1. The van der Waals surface area contributed by atoms with Crippen molar-refractivity contribution in [2.24, 2.45) is 5.92 Å². The number of halogens is 1. The van der Waals surface area contributed by atoms with Gasteiger partial charge in [0.25, 0.3) is 5.91 Å². The predicted octanol–water partition coefficient (Wildman–Crippen LogP) is 1.23. The molecule has 1 aliphatic carbocycles. The Morgan fingerprint density at radius 3 is 3.05 bits per heavy atom. The Labute approximate surface area is 121 Å². The zero-order valence-corrected chi connectivity index (χ0v) is 11.8. The summed E-state index contributed by atoms with van der Waals surface area (Å²) in [7, 11) is 1.69. The van der Waals surface area contributed by atoms with Crippen LogP contribution in [0.2, 0.25) is 5.28 Å². The summed E-state index contributed by atoms with van der Waals surface area (Å²) in [5.41, 5.74) is 1.08. The first-order valence-electron chi connectivity index (χ1n) is 6.50. The highest BCUT2D eigenvalue weighted by Gasteiger charge is 2.31. The predicted molar refractivity (Wildman–Crippen MR) is 73.7 cm³/mol. The molecule has 0 spiro atoms. The molecule has 0 aromatic carbocycles. The molecule has 1 amide bonds. The molecule has 0 saturated heterocycles. The van der Waals surface area contributed by atoms with Crippen molar-refractivity contribution in [1.29, 1.82) is 0 Å². The second kappa shape index (κ2) is 5.03. The molecular formula is C13H15ClN4O2. The van der Waals surface area contributed by atoms with Gasteiger partial charge in [0, 0.05) is 19.8 Å². The lowest BCUT2D eigenvalue weighted by atomic mass is 10.2. The fourth-order valence-electron chi connectivity index (χ4n) is 2.20. The Morgan fingerprint density at radius 1 is 1.60 bits per heavy atom. The van der Waals surface area contributed by atoms with Crippen LogP contribution in [0.3, 0.4) is 0 Å². The van der Waals surface area contributed by atoms with E-state index in [4.69, 9.17) is 11.6 Å². The summed E-state index contributed by atoms with van der Waals surface area (Å²) in [6, 6.07) is 3.37. The highest BCUT2D eigenvalue weighted by Crippen LogP contribution is 2.32. The summed E-state index contributed by atoms with van der Waals surface area (Å²) >= 11 is 5.72. The number of amides is 1. The molecule has 2 heterocycles.